The Bertz CT molecular complexity index is 616. The van der Waals surface area contributed by atoms with Gasteiger partial charge < -0.3 is 5.11 Å². The summed E-state index contributed by atoms with van der Waals surface area (Å²) in [5.41, 5.74) is 1.32. The summed E-state index contributed by atoms with van der Waals surface area (Å²) in [5.74, 6) is 0.611. The molecule has 0 aliphatic rings. The minimum Gasteiger partial charge on any atom is -0.506 e. The van der Waals surface area contributed by atoms with Crippen LogP contribution in [0.1, 0.15) is 0 Å². The second-order valence-corrected chi connectivity index (χ2v) is 3.39. The van der Waals surface area contributed by atoms with Crippen LogP contribution in [-0.2, 0) is 0 Å². The van der Waals surface area contributed by atoms with E-state index in [1.54, 1.807) is 41.3 Å². The first-order chi connectivity index (χ1) is 8.34. The van der Waals surface area contributed by atoms with Gasteiger partial charge in [0.25, 0.3) is 0 Å². The first kappa shape index (κ1) is 9.52. The molecule has 2 heterocycles. The van der Waals surface area contributed by atoms with Crippen LogP contribution >= 0.6 is 0 Å². The van der Waals surface area contributed by atoms with Crippen LogP contribution in [0.4, 0.5) is 0 Å². The van der Waals surface area contributed by atoms with E-state index in [-0.39, 0.29) is 5.75 Å². The van der Waals surface area contributed by atoms with Crippen LogP contribution in [0.15, 0.2) is 36.7 Å². The van der Waals surface area contributed by atoms with E-state index in [9.17, 15) is 5.11 Å². The fraction of sp³-hybridized carbons (Fsp3) is 0. The molecule has 17 heavy (non-hydrogen) atoms. The van der Waals surface area contributed by atoms with E-state index < -0.39 is 0 Å². The van der Waals surface area contributed by atoms with Gasteiger partial charge in [-0.2, -0.15) is 10.3 Å². The maximum absolute atomic E-state index is 9.78. The summed E-state index contributed by atoms with van der Waals surface area (Å²) in [5, 5.41) is 27.5. The van der Waals surface area contributed by atoms with Gasteiger partial charge in [0.2, 0.25) is 5.82 Å². The summed E-state index contributed by atoms with van der Waals surface area (Å²) >= 11 is 0. The molecule has 0 bridgehead atoms. The molecule has 0 aliphatic heterocycles. The molecule has 3 rings (SSSR count). The van der Waals surface area contributed by atoms with E-state index >= 15 is 0 Å². The molecule has 7 heteroatoms. The van der Waals surface area contributed by atoms with E-state index in [0.29, 0.717) is 11.5 Å². The Morgan fingerprint density at radius 2 is 2.24 bits per heavy atom. The van der Waals surface area contributed by atoms with E-state index in [2.05, 4.69) is 25.7 Å². The molecule has 0 fully saturated rings. The molecule has 0 saturated heterocycles. The molecule has 1 aromatic carbocycles. The highest BCUT2D eigenvalue weighted by Gasteiger charge is 2.09. The van der Waals surface area contributed by atoms with Crippen molar-refractivity contribution in [3.05, 3.63) is 36.7 Å². The smallest absolute Gasteiger partial charge is 0.204 e. The van der Waals surface area contributed by atoms with Crippen molar-refractivity contribution in [2.45, 2.75) is 0 Å². The maximum Gasteiger partial charge on any atom is 0.204 e. The molecule has 0 radical (unpaired) electrons. The van der Waals surface area contributed by atoms with Crippen LogP contribution in [0, 0.1) is 0 Å². The van der Waals surface area contributed by atoms with Crippen molar-refractivity contribution in [1.82, 2.24) is 30.4 Å². The van der Waals surface area contributed by atoms with Gasteiger partial charge in [-0.25, -0.2) is 4.68 Å². The molecule has 0 unspecified atom stereocenters. The Morgan fingerprint density at radius 1 is 1.29 bits per heavy atom. The van der Waals surface area contributed by atoms with Gasteiger partial charge in [0.15, 0.2) is 0 Å². The van der Waals surface area contributed by atoms with E-state index in [4.69, 9.17) is 0 Å². The molecule has 0 amide bonds. The zero-order valence-electron chi connectivity index (χ0n) is 8.65. The zero-order valence-corrected chi connectivity index (χ0v) is 8.65. The summed E-state index contributed by atoms with van der Waals surface area (Å²) < 4.78 is 1.57. The summed E-state index contributed by atoms with van der Waals surface area (Å²) in [6.07, 6.45) is 3.38. The lowest BCUT2D eigenvalue weighted by molar-refractivity contribution is 0.470. The molecule has 0 saturated carbocycles. The van der Waals surface area contributed by atoms with Crippen LogP contribution < -0.4 is 0 Å². The molecule has 0 spiro atoms. The minimum atomic E-state index is 0.140. The van der Waals surface area contributed by atoms with Gasteiger partial charge in [-0.3, -0.25) is 0 Å². The van der Waals surface area contributed by atoms with E-state index in [1.807, 2.05) is 0 Å². The van der Waals surface area contributed by atoms with Crippen LogP contribution in [0.2, 0.25) is 0 Å². The quantitative estimate of drug-likeness (QED) is 0.675. The number of aromatic nitrogens is 6. The number of nitrogens with one attached hydrogen (secondary N) is 1. The Hall–Kier alpha value is -2.70. The molecule has 3 aromatic rings. The first-order valence-electron chi connectivity index (χ1n) is 4.91. The number of H-pyrrole nitrogens is 1. The number of phenols is 1. The highest BCUT2D eigenvalue weighted by atomic mass is 16.3. The van der Waals surface area contributed by atoms with Crippen LogP contribution in [0.3, 0.4) is 0 Å². The number of aromatic hydroxyl groups is 1. The lowest BCUT2D eigenvalue weighted by Crippen LogP contribution is -1.95. The maximum atomic E-state index is 9.78. The number of rotatable bonds is 2. The third-order valence-electron chi connectivity index (χ3n) is 2.33. The largest absolute Gasteiger partial charge is 0.506 e. The predicted octanol–water partition coefficient (Wildman–Crippen LogP) is 0.758. The monoisotopic (exact) mass is 228 g/mol. The van der Waals surface area contributed by atoms with Gasteiger partial charge in [-0.05, 0) is 29.5 Å². The average molecular weight is 228 g/mol. The van der Waals surface area contributed by atoms with E-state index in [0.717, 1.165) is 5.56 Å². The lowest BCUT2D eigenvalue weighted by Gasteiger charge is -2.05. The highest BCUT2D eigenvalue weighted by Crippen LogP contribution is 2.25. The number of benzene rings is 1. The van der Waals surface area contributed by atoms with Crippen molar-refractivity contribution in [2.24, 2.45) is 0 Å². The number of phenolic OH excluding ortho intramolecular Hbond substituents is 1. The normalized spacial score (nSPS) is 10.6. The molecule has 2 aromatic heterocycles. The van der Waals surface area contributed by atoms with Crippen molar-refractivity contribution in [3.8, 4) is 22.8 Å². The highest BCUT2D eigenvalue weighted by molar-refractivity contribution is 5.62. The van der Waals surface area contributed by atoms with Crippen LogP contribution in [-0.4, -0.2) is 35.5 Å². The van der Waals surface area contributed by atoms with Crippen molar-refractivity contribution < 1.29 is 5.11 Å². The molecule has 84 valence electrons. The number of nitrogens with zero attached hydrogens (tertiary/aromatic N) is 5. The first-order valence-corrected chi connectivity index (χ1v) is 4.91. The molecule has 0 aliphatic carbocycles. The Kier molecular flexibility index (Phi) is 2.08. The summed E-state index contributed by atoms with van der Waals surface area (Å²) in [4.78, 5) is 0. The van der Waals surface area contributed by atoms with Gasteiger partial charge in [-0.1, -0.05) is 0 Å². The molecule has 7 nitrogen and oxygen atoms in total. The van der Waals surface area contributed by atoms with Gasteiger partial charge >= 0.3 is 0 Å². The Balaban J connectivity index is 2.13. The topological polar surface area (TPSA) is 92.5 Å². The average Bonchev–Trinajstić information content (AvgIpc) is 3.03. The molecular weight excluding hydrogens is 220 g/mol. The van der Waals surface area contributed by atoms with Crippen LogP contribution in [0.5, 0.6) is 5.75 Å². The number of tetrazole rings is 1. The van der Waals surface area contributed by atoms with E-state index in [1.165, 1.54) is 0 Å². The third kappa shape index (κ3) is 1.63. The lowest BCUT2D eigenvalue weighted by atomic mass is 10.2. The molecule has 0 atom stereocenters. The summed E-state index contributed by atoms with van der Waals surface area (Å²) in [6, 6.07) is 6.81. The van der Waals surface area contributed by atoms with Crippen molar-refractivity contribution >= 4 is 0 Å². The third-order valence-corrected chi connectivity index (χ3v) is 2.33. The van der Waals surface area contributed by atoms with Crippen LogP contribution in [0.25, 0.3) is 17.1 Å². The van der Waals surface area contributed by atoms with Gasteiger partial charge in [0, 0.05) is 18.0 Å². The van der Waals surface area contributed by atoms with Gasteiger partial charge in [0.05, 0.1) is 0 Å². The summed E-state index contributed by atoms with van der Waals surface area (Å²) in [6.45, 7) is 0. The molecule has 2 N–H and O–H groups in total. The van der Waals surface area contributed by atoms with Gasteiger partial charge in [0.1, 0.15) is 11.4 Å². The number of aromatic amines is 1. The van der Waals surface area contributed by atoms with Crippen molar-refractivity contribution in [1.29, 1.82) is 0 Å². The Morgan fingerprint density at radius 3 is 2.94 bits per heavy atom. The number of hydrogen-bond acceptors (Lipinski definition) is 5. The van der Waals surface area contributed by atoms with Gasteiger partial charge in [-0.15, -0.1) is 10.2 Å². The van der Waals surface area contributed by atoms with Crippen molar-refractivity contribution in [3.63, 3.8) is 0 Å². The second-order valence-electron chi connectivity index (χ2n) is 3.39. The SMILES string of the molecule is Oc1ccc(-c2nn[nH]n2)cc1-n1cccn1. The second kappa shape index (κ2) is 3.71. The fourth-order valence-corrected chi connectivity index (χ4v) is 1.54. The summed E-state index contributed by atoms with van der Waals surface area (Å²) in [7, 11) is 0. The predicted molar refractivity (Wildman–Crippen MR) is 58.4 cm³/mol. The van der Waals surface area contributed by atoms with Crippen molar-refractivity contribution in [2.75, 3.05) is 0 Å². The zero-order chi connectivity index (χ0) is 11.7. The number of hydrogen-bond donors (Lipinski definition) is 2. The standard InChI is InChI=1S/C10H8N6O/c17-9-3-2-7(10-12-14-15-13-10)6-8(9)16-5-1-4-11-16/h1-6,17H,(H,12,13,14,15). The Labute approximate surface area is 95.7 Å². The molecular formula is C10H8N6O. The minimum absolute atomic E-state index is 0.140. The fourth-order valence-electron chi connectivity index (χ4n) is 1.54.